The monoisotopic (exact) mass is 654 g/mol. The van der Waals surface area contributed by atoms with E-state index in [0.717, 1.165) is 61.8 Å². The van der Waals surface area contributed by atoms with Crippen LogP contribution in [0.25, 0.3) is 44.4 Å². The first-order chi connectivity index (χ1) is 24.3. The van der Waals surface area contributed by atoms with E-state index in [1.54, 1.807) is 0 Å². The van der Waals surface area contributed by atoms with E-state index in [0.29, 0.717) is 11.6 Å². The quantitative estimate of drug-likeness (QED) is 0.172. The van der Waals surface area contributed by atoms with Crippen LogP contribution in [-0.2, 0) is 0 Å². The summed E-state index contributed by atoms with van der Waals surface area (Å²) in [5.41, 5.74) is 12.2. The maximum Gasteiger partial charge on any atom is 0.246 e. The molecule has 0 saturated heterocycles. The molecule has 0 aliphatic carbocycles. The van der Waals surface area contributed by atoms with Gasteiger partial charge in [-0.05, 0) is 130 Å². The van der Waals surface area contributed by atoms with E-state index in [-0.39, 0.29) is 0 Å². The van der Waals surface area contributed by atoms with Gasteiger partial charge in [0.1, 0.15) is 23.1 Å². The fraction of sp³-hybridized carbons (Fsp3) is 0.136. The number of pyridine rings is 1. The molecule has 246 valence electrons. The zero-order chi connectivity index (χ0) is 34.5. The normalized spacial score (nSPS) is 11.4. The molecular formula is C44H38N4O2. The molecule has 0 N–H and O–H groups in total. The first-order valence-corrected chi connectivity index (χ1v) is 16.9. The van der Waals surface area contributed by atoms with Crippen molar-refractivity contribution in [2.45, 2.75) is 41.5 Å². The lowest BCUT2D eigenvalue weighted by Gasteiger charge is -2.16. The number of benzene rings is 5. The van der Waals surface area contributed by atoms with E-state index in [9.17, 15) is 0 Å². The van der Waals surface area contributed by atoms with Crippen LogP contribution in [0.15, 0.2) is 121 Å². The number of hydrogen-bond donors (Lipinski definition) is 0. The predicted octanol–water partition coefficient (Wildman–Crippen LogP) is 11.5. The topological polar surface area (TPSA) is 54.1 Å². The third kappa shape index (κ3) is 5.39. The van der Waals surface area contributed by atoms with E-state index in [2.05, 4.69) is 101 Å². The molecule has 0 radical (unpaired) electrons. The highest BCUT2D eigenvalue weighted by Crippen LogP contribution is 2.42. The van der Waals surface area contributed by atoms with Crippen LogP contribution in [0.3, 0.4) is 0 Å². The van der Waals surface area contributed by atoms with E-state index in [1.165, 1.54) is 27.6 Å². The smallest absolute Gasteiger partial charge is 0.246 e. The number of aromatic nitrogens is 4. The summed E-state index contributed by atoms with van der Waals surface area (Å²) in [5, 5.41) is 7.41. The van der Waals surface area contributed by atoms with E-state index in [1.807, 2.05) is 71.5 Å². The third-order valence-corrected chi connectivity index (χ3v) is 9.73. The summed E-state index contributed by atoms with van der Waals surface area (Å²) in [6, 6.07) is 39.0. The van der Waals surface area contributed by atoms with Gasteiger partial charge in [-0.3, -0.25) is 4.57 Å². The zero-order valence-corrected chi connectivity index (χ0v) is 29.2. The number of rotatable bonds is 7. The third-order valence-electron chi connectivity index (χ3n) is 9.73. The van der Waals surface area contributed by atoms with Crippen molar-refractivity contribution in [3.63, 3.8) is 0 Å². The Morgan fingerprint density at radius 3 is 2.02 bits per heavy atom. The summed E-state index contributed by atoms with van der Waals surface area (Å²) in [6.07, 6.45) is 1.86. The molecule has 8 rings (SSSR count). The van der Waals surface area contributed by atoms with Crippen molar-refractivity contribution in [3.05, 3.63) is 155 Å². The van der Waals surface area contributed by atoms with Gasteiger partial charge in [0, 0.05) is 29.1 Å². The summed E-state index contributed by atoms with van der Waals surface area (Å²) in [6.45, 7) is 12.9. The van der Waals surface area contributed by atoms with Crippen LogP contribution in [0.4, 0.5) is 0 Å². The van der Waals surface area contributed by atoms with E-state index >= 15 is 0 Å². The minimum absolute atomic E-state index is 0.569. The Balaban J connectivity index is 1.22. The van der Waals surface area contributed by atoms with Gasteiger partial charge in [-0.2, -0.15) is 0 Å². The van der Waals surface area contributed by atoms with Crippen LogP contribution in [0.2, 0.25) is 0 Å². The second-order valence-electron chi connectivity index (χ2n) is 13.1. The van der Waals surface area contributed by atoms with Gasteiger partial charge in [-0.25, -0.2) is 9.67 Å². The summed E-state index contributed by atoms with van der Waals surface area (Å²) in [4.78, 5) is 4.73. The van der Waals surface area contributed by atoms with Crippen molar-refractivity contribution < 1.29 is 9.47 Å². The van der Waals surface area contributed by atoms with Crippen LogP contribution < -0.4 is 9.47 Å². The first-order valence-electron chi connectivity index (χ1n) is 16.9. The molecule has 0 aliphatic heterocycles. The Hall–Kier alpha value is -6.14. The summed E-state index contributed by atoms with van der Waals surface area (Å²) >= 11 is 0. The summed E-state index contributed by atoms with van der Waals surface area (Å²) in [5.74, 6) is 3.63. The van der Waals surface area contributed by atoms with Crippen LogP contribution in [0, 0.1) is 41.5 Å². The molecule has 6 nitrogen and oxygen atoms in total. The van der Waals surface area contributed by atoms with Gasteiger partial charge < -0.3 is 9.47 Å². The minimum atomic E-state index is 0.569. The van der Waals surface area contributed by atoms with Crippen molar-refractivity contribution in [2.75, 3.05) is 0 Å². The first kappa shape index (κ1) is 31.1. The standard InChI is InChI=1S/C44H38N4O2/c1-27-21-22-45-41(23-27)47-39-18-11-10-17-37(39)38-20-19-36(26-40(38)47)49-35-16-12-13-33(25-35)48-32(6)43(42-30(4)28(2)24-29(3)31(42)5)44(46-48)50-34-14-8-7-9-15-34/h7-26H,1-6H3. The van der Waals surface area contributed by atoms with Crippen molar-refractivity contribution in [1.29, 1.82) is 0 Å². The van der Waals surface area contributed by atoms with Crippen LogP contribution >= 0.6 is 0 Å². The largest absolute Gasteiger partial charge is 0.457 e. The number of fused-ring (bicyclic) bond motifs is 3. The minimum Gasteiger partial charge on any atom is -0.457 e. The molecule has 8 aromatic rings. The molecule has 6 heteroatoms. The lowest BCUT2D eigenvalue weighted by Crippen LogP contribution is -2.00. The molecule has 0 atom stereocenters. The van der Waals surface area contributed by atoms with Gasteiger partial charge in [0.15, 0.2) is 0 Å². The van der Waals surface area contributed by atoms with Crippen molar-refractivity contribution in [1.82, 2.24) is 19.3 Å². The number of para-hydroxylation sites is 2. The second kappa shape index (κ2) is 12.4. The SMILES string of the molecule is Cc1ccnc(-n2c3ccccc3c3ccc(Oc4cccc(-n5nc(Oc6ccccc6)c(-c6c(C)c(C)cc(C)c6C)c5C)c4)cc32)c1. The Bertz CT molecular complexity index is 2530. The fourth-order valence-corrected chi connectivity index (χ4v) is 7.00. The highest BCUT2D eigenvalue weighted by atomic mass is 16.5. The maximum absolute atomic E-state index is 6.58. The summed E-state index contributed by atoms with van der Waals surface area (Å²) < 4.78 is 17.3. The van der Waals surface area contributed by atoms with E-state index < -0.39 is 0 Å². The van der Waals surface area contributed by atoms with Gasteiger partial charge in [0.25, 0.3) is 0 Å². The molecule has 50 heavy (non-hydrogen) atoms. The van der Waals surface area contributed by atoms with Crippen molar-refractivity contribution >= 4 is 21.8 Å². The lowest BCUT2D eigenvalue weighted by molar-refractivity contribution is 0.458. The Labute approximate surface area is 292 Å². The molecule has 5 aromatic carbocycles. The number of hydrogen-bond acceptors (Lipinski definition) is 4. The second-order valence-corrected chi connectivity index (χ2v) is 13.1. The van der Waals surface area contributed by atoms with E-state index in [4.69, 9.17) is 19.6 Å². The highest BCUT2D eigenvalue weighted by Gasteiger charge is 2.24. The van der Waals surface area contributed by atoms with Crippen molar-refractivity contribution in [2.24, 2.45) is 0 Å². The van der Waals surface area contributed by atoms with Gasteiger partial charge >= 0.3 is 0 Å². The zero-order valence-electron chi connectivity index (χ0n) is 29.2. The van der Waals surface area contributed by atoms with Crippen molar-refractivity contribution in [3.8, 4) is 45.8 Å². The number of ether oxygens (including phenoxy) is 2. The number of nitrogens with zero attached hydrogens (tertiary/aromatic N) is 4. The Kier molecular flexibility index (Phi) is 7.72. The average molecular weight is 655 g/mol. The van der Waals surface area contributed by atoms with Crippen LogP contribution in [0.5, 0.6) is 23.1 Å². The molecule has 0 fully saturated rings. The molecule has 0 spiro atoms. The average Bonchev–Trinajstić information content (AvgIpc) is 3.62. The molecule has 0 unspecified atom stereocenters. The number of aryl methyl sites for hydroxylation is 3. The van der Waals surface area contributed by atoms with Gasteiger partial charge in [0.2, 0.25) is 5.88 Å². The summed E-state index contributed by atoms with van der Waals surface area (Å²) in [7, 11) is 0. The highest BCUT2D eigenvalue weighted by molar-refractivity contribution is 6.09. The Morgan fingerprint density at radius 1 is 0.540 bits per heavy atom. The maximum atomic E-state index is 6.58. The molecule has 3 aromatic heterocycles. The van der Waals surface area contributed by atoms with Crippen LogP contribution in [0.1, 0.15) is 33.5 Å². The fourth-order valence-electron chi connectivity index (χ4n) is 7.00. The van der Waals surface area contributed by atoms with Gasteiger partial charge in [-0.1, -0.05) is 48.5 Å². The molecule has 0 aliphatic rings. The predicted molar refractivity (Wildman–Crippen MR) is 203 cm³/mol. The van der Waals surface area contributed by atoms with Gasteiger partial charge in [-0.15, -0.1) is 5.10 Å². The molecule has 0 saturated carbocycles. The van der Waals surface area contributed by atoms with Gasteiger partial charge in [0.05, 0.1) is 28.0 Å². The molecule has 0 amide bonds. The Morgan fingerprint density at radius 2 is 1.24 bits per heavy atom. The molecular weight excluding hydrogens is 617 g/mol. The van der Waals surface area contributed by atoms with Crippen LogP contribution in [-0.4, -0.2) is 19.3 Å². The lowest BCUT2D eigenvalue weighted by atomic mass is 9.89. The molecule has 3 heterocycles. The molecule has 0 bridgehead atoms.